The third-order valence-electron chi connectivity index (χ3n) is 4.01. The van der Waals surface area contributed by atoms with Gasteiger partial charge in [-0.25, -0.2) is 0 Å². The summed E-state index contributed by atoms with van der Waals surface area (Å²) in [6.45, 7) is 2.23. The molecule has 0 spiro atoms. The van der Waals surface area contributed by atoms with E-state index in [1.807, 2.05) is 0 Å². The van der Waals surface area contributed by atoms with Crippen LogP contribution in [0.3, 0.4) is 0 Å². The Balaban J connectivity index is 1.91. The van der Waals surface area contributed by atoms with Crippen LogP contribution in [0.2, 0.25) is 0 Å². The molecule has 0 aromatic carbocycles. The van der Waals surface area contributed by atoms with Crippen molar-refractivity contribution >= 4 is 5.82 Å². The molecule has 0 aliphatic heterocycles. The van der Waals surface area contributed by atoms with Gasteiger partial charge in [0.15, 0.2) is 0 Å². The van der Waals surface area contributed by atoms with Crippen LogP contribution in [-0.2, 0) is 10.3 Å². The van der Waals surface area contributed by atoms with Crippen molar-refractivity contribution in [1.82, 2.24) is 20.3 Å². The molecule has 1 saturated carbocycles. The van der Waals surface area contributed by atoms with Crippen LogP contribution in [0.1, 0.15) is 38.4 Å². The van der Waals surface area contributed by atoms with Crippen LogP contribution in [0.15, 0.2) is 10.6 Å². The van der Waals surface area contributed by atoms with Crippen LogP contribution in [0, 0.1) is 5.92 Å². The highest BCUT2D eigenvalue weighted by Crippen LogP contribution is 2.41. The molecule has 3 rings (SSSR count). The molecule has 2 unspecified atom stereocenters. The first-order valence-electron chi connectivity index (χ1n) is 6.83. The van der Waals surface area contributed by atoms with Gasteiger partial charge in [-0.05, 0) is 25.2 Å². The lowest BCUT2D eigenvalue weighted by atomic mass is 9.78. The zero-order valence-corrected chi connectivity index (χ0v) is 11.7. The number of hydrogen-bond acceptors (Lipinski definition) is 6. The Morgan fingerprint density at radius 3 is 3.05 bits per heavy atom. The largest absolute Gasteiger partial charge is 0.382 e. The van der Waals surface area contributed by atoms with E-state index in [9.17, 15) is 0 Å². The van der Waals surface area contributed by atoms with Crippen molar-refractivity contribution in [2.24, 2.45) is 5.92 Å². The number of methoxy groups -OCH3 is 1. The fourth-order valence-electron chi connectivity index (χ4n) is 2.95. The normalized spacial score (nSPS) is 26.8. The Labute approximate surface area is 116 Å². The van der Waals surface area contributed by atoms with E-state index in [2.05, 4.69) is 27.3 Å². The molecule has 3 N–H and O–H groups in total. The summed E-state index contributed by atoms with van der Waals surface area (Å²) >= 11 is 0. The first-order valence-corrected chi connectivity index (χ1v) is 6.83. The van der Waals surface area contributed by atoms with E-state index in [1.165, 1.54) is 6.42 Å². The van der Waals surface area contributed by atoms with E-state index in [-0.39, 0.29) is 0 Å². The predicted molar refractivity (Wildman–Crippen MR) is 72.6 cm³/mol. The summed E-state index contributed by atoms with van der Waals surface area (Å²) in [5.41, 5.74) is 5.76. The molecule has 7 heteroatoms. The average molecular weight is 277 g/mol. The third-order valence-corrected chi connectivity index (χ3v) is 4.01. The lowest BCUT2D eigenvalue weighted by molar-refractivity contribution is -0.0658. The monoisotopic (exact) mass is 277 g/mol. The van der Waals surface area contributed by atoms with Gasteiger partial charge in [0, 0.05) is 13.2 Å². The van der Waals surface area contributed by atoms with Gasteiger partial charge < -0.3 is 15.0 Å². The number of H-pyrrole nitrogens is 1. The van der Waals surface area contributed by atoms with Gasteiger partial charge in [0.2, 0.25) is 5.82 Å². The zero-order valence-electron chi connectivity index (χ0n) is 11.7. The number of nitrogens with two attached hydrogens (primary N) is 1. The van der Waals surface area contributed by atoms with Crippen LogP contribution in [0.5, 0.6) is 0 Å². The van der Waals surface area contributed by atoms with Crippen molar-refractivity contribution in [2.75, 3.05) is 12.8 Å². The SMILES string of the molecule is COC1(c2noc(-c3cc(N)n[nH]3)n2)CCCC(C)C1. The quantitative estimate of drug-likeness (QED) is 0.890. The molecule has 1 fully saturated rings. The summed E-state index contributed by atoms with van der Waals surface area (Å²) in [5.74, 6) is 1.98. The second-order valence-corrected chi connectivity index (χ2v) is 5.53. The predicted octanol–water partition coefficient (Wildman–Crippen LogP) is 2.09. The van der Waals surface area contributed by atoms with E-state index in [1.54, 1.807) is 13.2 Å². The van der Waals surface area contributed by atoms with Crippen LogP contribution < -0.4 is 5.73 Å². The van der Waals surface area contributed by atoms with E-state index >= 15 is 0 Å². The summed E-state index contributed by atoms with van der Waals surface area (Å²) < 4.78 is 11.1. The second kappa shape index (κ2) is 4.90. The van der Waals surface area contributed by atoms with Crippen molar-refractivity contribution in [3.8, 4) is 11.6 Å². The fourth-order valence-corrected chi connectivity index (χ4v) is 2.95. The van der Waals surface area contributed by atoms with Crippen LogP contribution in [-0.4, -0.2) is 27.4 Å². The van der Waals surface area contributed by atoms with Crippen molar-refractivity contribution in [3.63, 3.8) is 0 Å². The van der Waals surface area contributed by atoms with E-state index < -0.39 is 5.60 Å². The number of nitrogens with zero attached hydrogens (tertiary/aromatic N) is 3. The Morgan fingerprint density at radius 1 is 1.55 bits per heavy atom. The molecule has 0 amide bonds. The van der Waals surface area contributed by atoms with E-state index in [0.29, 0.717) is 29.1 Å². The lowest BCUT2D eigenvalue weighted by Gasteiger charge is -2.36. The van der Waals surface area contributed by atoms with Crippen LogP contribution >= 0.6 is 0 Å². The number of hydrogen-bond donors (Lipinski definition) is 2. The number of nitrogen functional groups attached to an aromatic ring is 1. The maximum absolute atomic E-state index is 5.75. The molecule has 1 aliphatic rings. The maximum atomic E-state index is 5.75. The fraction of sp³-hybridized carbons (Fsp3) is 0.615. The average Bonchev–Trinajstić information content (AvgIpc) is 3.07. The molecule has 2 aromatic heterocycles. The first-order chi connectivity index (χ1) is 9.63. The Morgan fingerprint density at radius 2 is 2.40 bits per heavy atom. The zero-order chi connectivity index (χ0) is 14.2. The highest BCUT2D eigenvalue weighted by Gasteiger charge is 2.41. The van der Waals surface area contributed by atoms with Gasteiger partial charge in [0.1, 0.15) is 17.1 Å². The molecule has 2 aromatic rings. The van der Waals surface area contributed by atoms with Crippen molar-refractivity contribution in [2.45, 2.75) is 38.2 Å². The highest BCUT2D eigenvalue weighted by atomic mass is 16.5. The molecule has 7 nitrogen and oxygen atoms in total. The van der Waals surface area contributed by atoms with Crippen molar-refractivity contribution < 1.29 is 9.26 Å². The smallest absolute Gasteiger partial charge is 0.276 e. The van der Waals surface area contributed by atoms with Crippen molar-refractivity contribution in [1.29, 1.82) is 0 Å². The van der Waals surface area contributed by atoms with Gasteiger partial charge in [0.05, 0.1) is 0 Å². The van der Waals surface area contributed by atoms with E-state index in [4.69, 9.17) is 15.0 Å². The summed E-state index contributed by atoms with van der Waals surface area (Å²) in [4.78, 5) is 4.47. The topological polar surface area (TPSA) is 103 Å². The van der Waals surface area contributed by atoms with Gasteiger partial charge >= 0.3 is 0 Å². The third kappa shape index (κ3) is 2.18. The lowest BCUT2D eigenvalue weighted by Crippen LogP contribution is -2.35. The minimum Gasteiger partial charge on any atom is -0.382 e. The van der Waals surface area contributed by atoms with Gasteiger partial charge in [0.25, 0.3) is 5.89 Å². The molecule has 2 heterocycles. The Bertz CT molecular complexity index is 593. The number of nitrogens with one attached hydrogen (secondary N) is 1. The minimum atomic E-state index is -0.440. The molecule has 0 bridgehead atoms. The second-order valence-electron chi connectivity index (χ2n) is 5.53. The highest BCUT2D eigenvalue weighted by molar-refractivity contribution is 5.51. The molecular weight excluding hydrogens is 258 g/mol. The molecule has 2 atom stereocenters. The van der Waals surface area contributed by atoms with E-state index in [0.717, 1.165) is 19.3 Å². The van der Waals surface area contributed by atoms with Gasteiger partial charge in [-0.2, -0.15) is 10.1 Å². The number of aromatic nitrogens is 4. The summed E-state index contributed by atoms with van der Waals surface area (Å²) in [5, 5.41) is 10.7. The molecule has 0 saturated heterocycles. The Hall–Kier alpha value is -1.89. The minimum absolute atomic E-state index is 0.388. The number of anilines is 1. The molecule has 0 radical (unpaired) electrons. The number of aromatic amines is 1. The van der Waals surface area contributed by atoms with Crippen molar-refractivity contribution in [3.05, 3.63) is 11.9 Å². The molecular formula is C13H19N5O2. The molecule has 108 valence electrons. The number of ether oxygens (including phenoxy) is 1. The first kappa shape index (κ1) is 13.1. The maximum Gasteiger partial charge on any atom is 0.276 e. The van der Waals surface area contributed by atoms with Gasteiger partial charge in [-0.1, -0.05) is 18.5 Å². The van der Waals surface area contributed by atoms with Crippen LogP contribution in [0.4, 0.5) is 5.82 Å². The van der Waals surface area contributed by atoms with Crippen LogP contribution in [0.25, 0.3) is 11.6 Å². The summed E-state index contributed by atoms with van der Waals surface area (Å²) in [6, 6.07) is 1.67. The van der Waals surface area contributed by atoms with Gasteiger partial charge in [-0.15, -0.1) is 0 Å². The molecule has 20 heavy (non-hydrogen) atoms. The standard InChI is InChI=1S/C13H19N5O2/c1-8-4-3-5-13(7-8,19-2)12-15-11(20-18-12)9-6-10(14)17-16-9/h6,8H,3-5,7H2,1-2H3,(H3,14,16,17). The summed E-state index contributed by atoms with van der Waals surface area (Å²) in [6.07, 6.45) is 4.15. The molecule has 1 aliphatic carbocycles. The number of rotatable bonds is 3. The Kier molecular flexibility index (Phi) is 3.21. The van der Waals surface area contributed by atoms with Gasteiger partial charge in [-0.3, -0.25) is 5.10 Å². The summed E-state index contributed by atoms with van der Waals surface area (Å²) in [7, 11) is 1.71.